The average molecular weight is 305 g/mol. The van der Waals surface area contributed by atoms with Crippen LogP contribution >= 0.6 is 0 Å². The van der Waals surface area contributed by atoms with Gasteiger partial charge in [0, 0.05) is 12.3 Å². The number of urea groups is 1. The first-order chi connectivity index (χ1) is 9.28. The summed E-state index contributed by atoms with van der Waals surface area (Å²) in [6.45, 7) is 0.0459. The molecule has 1 heterocycles. The van der Waals surface area contributed by atoms with Gasteiger partial charge in [-0.1, -0.05) is 5.16 Å². The summed E-state index contributed by atoms with van der Waals surface area (Å²) in [6.07, 6.45) is 2.20. The van der Waals surface area contributed by atoms with Crippen LogP contribution in [0.3, 0.4) is 0 Å². The highest BCUT2D eigenvalue weighted by Crippen LogP contribution is 1.98. The summed E-state index contributed by atoms with van der Waals surface area (Å²) >= 11 is 0. The number of amides is 2. The number of nitrogens with zero attached hydrogens (tertiary/aromatic N) is 1. The molecular formula is C10H15N3O6S. The first-order valence-electron chi connectivity index (χ1n) is 5.62. The molecule has 20 heavy (non-hydrogen) atoms. The number of aromatic nitrogens is 1. The van der Waals surface area contributed by atoms with Gasteiger partial charge in [-0.2, -0.15) is 0 Å². The molecule has 1 aromatic rings. The molecule has 0 aliphatic heterocycles. The van der Waals surface area contributed by atoms with Crippen molar-refractivity contribution in [3.05, 3.63) is 18.0 Å². The van der Waals surface area contributed by atoms with Gasteiger partial charge < -0.3 is 20.3 Å². The Labute approximate surface area is 115 Å². The molecule has 112 valence electrons. The van der Waals surface area contributed by atoms with Crippen molar-refractivity contribution in [1.29, 1.82) is 0 Å². The Balaban J connectivity index is 2.44. The number of hydrogen-bond donors (Lipinski definition) is 3. The number of carbonyl (C=O) groups is 2. The van der Waals surface area contributed by atoms with Crippen molar-refractivity contribution < 1.29 is 27.6 Å². The molecule has 0 aromatic carbocycles. The molecule has 1 unspecified atom stereocenters. The molecule has 0 radical (unpaired) electrons. The van der Waals surface area contributed by atoms with Gasteiger partial charge >= 0.3 is 12.0 Å². The van der Waals surface area contributed by atoms with E-state index in [0.29, 0.717) is 5.76 Å². The highest BCUT2D eigenvalue weighted by molar-refractivity contribution is 7.90. The topological polar surface area (TPSA) is 139 Å². The Morgan fingerprint density at radius 3 is 2.70 bits per heavy atom. The standard InChI is InChI=1S/C10H15N3O6S/c1-20(17,18)5-3-8(9(14)15)13-10(16)11-6-7-2-4-12-19-7/h2,4,8H,3,5-6H2,1H3,(H,14,15)(H2,11,13,16). The lowest BCUT2D eigenvalue weighted by Gasteiger charge is -2.14. The number of hydrogen-bond acceptors (Lipinski definition) is 6. The number of carbonyl (C=O) groups excluding carboxylic acids is 1. The summed E-state index contributed by atoms with van der Waals surface area (Å²) in [6, 6.07) is -0.472. The molecule has 0 aliphatic rings. The van der Waals surface area contributed by atoms with Crippen LogP contribution < -0.4 is 10.6 Å². The highest BCUT2D eigenvalue weighted by Gasteiger charge is 2.21. The summed E-state index contributed by atoms with van der Waals surface area (Å²) in [7, 11) is -3.29. The van der Waals surface area contributed by atoms with Gasteiger partial charge in [0.15, 0.2) is 5.76 Å². The van der Waals surface area contributed by atoms with Crippen LogP contribution in [0.5, 0.6) is 0 Å². The fraction of sp³-hybridized carbons (Fsp3) is 0.500. The third kappa shape index (κ3) is 6.18. The zero-order valence-corrected chi connectivity index (χ0v) is 11.5. The van der Waals surface area contributed by atoms with Gasteiger partial charge in [-0.25, -0.2) is 18.0 Å². The Morgan fingerprint density at radius 2 is 2.20 bits per heavy atom. The summed E-state index contributed by atoms with van der Waals surface area (Å²) in [5.74, 6) is -1.22. The first-order valence-corrected chi connectivity index (χ1v) is 7.68. The normalized spacial score (nSPS) is 12.7. The van der Waals surface area contributed by atoms with Gasteiger partial charge in [-0.05, 0) is 6.42 Å². The van der Waals surface area contributed by atoms with Crippen LogP contribution in [0.15, 0.2) is 16.8 Å². The predicted molar refractivity (Wildman–Crippen MR) is 67.6 cm³/mol. The lowest BCUT2D eigenvalue weighted by molar-refractivity contribution is -0.139. The van der Waals surface area contributed by atoms with Crippen LogP contribution in [0.2, 0.25) is 0 Å². The maximum Gasteiger partial charge on any atom is 0.326 e. The summed E-state index contributed by atoms with van der Waals surface area (Å²) < 4.78 is 26.7. The van der Waals surface area contributed by atoms with Gasteiger partial charge in [0.1, 0.15) is 15.9 Å². The summed E-state index contributed by atoms with van der Waals surface area (Å²) in [5.41, 5.74) is 0. The van der Waals surface area contributed by atoms with Crippen molar-refractivity contribution in [1.82, 2.24) is 15.8 Å². The fourth-order valence-electron chi connectivity index (χ4n) is 1.30. The van der Waals surface area contributed by atoms with E-state index in [1.165, 1.54) is 6.20 Å². The molecule has 1 atom stereocenters. The minimum Gasteiger partial charge on any atom is -0.480 e. The van der Waals surface area contributed by atoms with Crippen molar-refractivity contribution in [2.75, 3.05) is 12.0 Å². The number of nitrogens with one attached hydrogen (secondary N) is 2. The van der Waals surface area contributed by atoms with Gasteiger partial charge in [-0.15, -0.1) is 0 Å². The fourth-order valence-corrected chi connectivity index (χ4v) is 1.96. The van der Waals surface area contributed by atoms with Crippen LogP contribution in [0, 0.1) is 0 Å². The molecule has 0 bridgehead atoms. The second-order valence-electron chi connectivity index (χ2n) is 4.12. The van der Waals surface area contributed by atoms with E-state index in [1.54, 1.807) is 6.07 Å². The maximum absolute atomic E-state index is 11.5. The van der Waals surface area contributed by atoms with Crippen molar-refractivity contribution in [2.45, 2.75) is 19.0 Å². The van der Waals surface area contributed by atoms with Crippen LogP contribution in [0.4, 0.5) is 4.79 Å². The second-order valence-corrected chi connectivity index (χ2v) is 6.37. The number of sulfone groups is 1. The van der Waals surface area contributed by atoms with E-state index in [0.717, 1.165) is 6.26 Å². The van der Waals surface area contributed by atoms with Crippen molar-refractivity contribution >= 4 is 21.8 Å². The van der Waals surface area contributed by atoms with E-state index in [9.17, 15) is 18.0 Å². The van der Waals surface area contributed by atoms with Crippen LogP contribution in [-0.2, 0) is 21.2 Å². The number of carboxylic acid groups (broad SMARTS) is 1. The largest absolute Gasteiger partial charge is 0.480 e. The van der Waals surface area contributed by atoms with Crippen LogP contribution in [0.1, 0.15) is 12.2 Å². The zero-order valence-electron chi connectivity index (χ0n) is 10.7. The average Bonchev–Trinajstić information content (AvgIpc) is 2.83. The minimum absolute atomic E-state index is 0.0459. The van der Waals surface area contributed by atoms with Gasteiger partial charge in [0.05, 0.1) is 18.5 Å². The molecule has 0 aliphatic carbocycles. The van der Waals surface area contributed by atoms with Crippen molar-refractivity contribution in [3.8, 4) is 0 Å². The van der Waals surface area contributed by atoms with Crippen LogP contribution in [-0.4, -0.2) is 48.7 Å². The highest BCUT2D eigenvalue weighted by atomic mass is 32.2. The number of carboxylic acids is 1. The molecule has 0 saturated heterocycles. The molecule has 1 aromatic heterocycles. The zero-order chi connectivity index (χ0) is 15.2. The molecule has 0 spiro atoms. The lowest BCUT2D eigenvalue weighted by Crippen LogP contribution is -2.46. The lowest BCUT2D eigenvalue weighted by atomic mass is 10.2. The smallest absolute Gasteiger partial charge is 0.326 e. The molecule has 9 nitrogen and oxygen atoms in total. The maximum atomic E-state index is 11.5. The SMILES string of the molecule is CS(=O)(=O)CCC(NC(=O)NCc1ccno1)C(=O)O. The van der Waals surface area contributed by atoms with Crippen LogP contribution in [0.25, 0.3) is 0 Å². The Kier molecular flexibility index (Phi) is 5.50. The van der Waals surface area contributed by atoms with Crippen molar-refractivity contribution in [3.63, 3.8) is 0 Å². The molecular weight excluding hydrogens is 290 g/mol. The van der Waals surface area contributed by atoms with Crippen molar-refractivity contribution in [2.24, 2.45) is 0 Å². The monoisotopic (exact) mass is 305 g/mol. The third-order valence-electron chi connectivity index (χ3n) is 2.30. The van der Waals surface area contributed by atoms with Gasteiger partial charge in [0.2, 0.25) is 0 Å². The van der Waals surface area contributed by atoms with E-state index in [4.69, 9.17) is 9.63 Å². The van der Waals surface area contributed by atoms with E-state index < -0.39 is 27.9 Å². The molecule has 0 saturated carbocycles. The van der Waals surface area contributed by atoms with E-state index in [1.807, 2.05) is 0 Å². The Morgan fingerprint density at radius 1 is 1.50 bits per heavy atom. The molecule has 10 heteroatoms. The summed E-state index contributed by atoms with van der Waals surface area (Å²) in [4.78, 5) is 22.4. The minimum atomic E-state index is -3.29. The van der Waals surface area contributed by atoms with Gasteiger partial charge in [-0.3, -0.25) is 0 Å². The number of aliphatic carboxylic acids is 1. The quantitative estimate of drug-likeness (QED) is 0.609. The summed E-state index contributed by atoms with van der Waals surface area (Å²) in [5, 5.41) is 16.9. The van der Waals surface area contributed by atoms with E-state index in [-0.39, 0.29) is 18.7 Å². The Bertz CT molecular complexity index is 554. The van der Waals surface area contributed by atoms with Gasteiger partial charge in [0.25, 0.3) is 0 Å². The van der Waals surface area contributed by atoms with E-state index >= 15 is 0 Å². The number of rotatable bonds is 7. The second kappa shape index (κ2) is 6.89. The van der Waals surface area contributed by atoms with E-state index in [2.05, 4.69) is 15.8 Å². The molecule has 3 N–H and O–H groups in total. The predicted octanol–water partition coefficient (Wildman–Crippen LogP) is -0.638. The molecule has 2 amide bonds. The molecule has 0 fully saturated rings. The third-order valence-corrected chi connectivity index (χ3v) is 3.27. The Hall–Kier alpha value is -2.10. The first kappa shape index (κ1) is 16.0. The molecule has 1 rings (SSSR count).